The number of rotatable bonds is 8. The summed E-state index contributed by atoms with van der Waals surface area (Å²) < 4.78 is 10.9. The molecule has 0 radical (unpaired) electrons. The van der Waals surface area contributed by atoms with Crippen molar-refractivity contribution >= 4 is 0 Å². The molecule has 20 heavy (non-hydrogen) atoms. The van der Waals surface area contributed by atoms with Gasteiger partial charge in [0.1, 0.15) is 5.75 Å². The average molecular weight is 278 g/mol. The third-order valence-corrected chi connectivity index (χ3v) is 4.06. The molecule has 0 saturated heterocycles. The second-order valence-corrected chi connectivity index (χ2v) is 5.57. The van der Waals surface area contributed by atoms with E-state index in [2.05, 4.69) is 24.5 Å². The maximum atomic E-state index is 5.70. The van der Waals surface area contributed by atoms with Crippen molar-refractivity contribution in [1.82, 2.24) is 5.43 Å². The van der Waals surface area contributed by atoms with Gasteiger partial charge >= 0.3 is 0 Å². The number of methoxy groups -OCH3 is 1. The lowest BCUT2D eigenvalue weighted by Gasteiger charge is -2.37. The highest BCUT2D eigenvalue weighted by Gasteiger charge is 2.31. The molecule has 0 bridgehead atoms. The van der Waals surface area contributed by atoms with Crippen LogP contribution in [-0.4, -0.2) is 25.9 Å². The second kappa shape index (κ2) is 7.62. The number of nitrogens with one attached hydrogen (secondary N) is 1. The van der Waals surface area contributed by atoms with Gasteiger partial charge in [-0.15, -0.1) is 0 Å². The molecule has 1 fully saturated rings. The molecule has 0 spiro atoms. The van der Waals surface area contributed by atoms with Gasteiger partial charge in [0, 0.05) is 12.6 Å². The van der Waals surface area contributed by atoms with E-state index >= 15 is 0 Å². The maximum absolute atomic E-state index is 5.70. The van der Waals surface area contributed by atoms with Gasteiger partial charge in [0.05, 0.1) is 13.2 Å². The first-order valence-electron chi connectivity index (χ1n) is 7.45. The van der Waals surface area contributed by atoms with Gasteiger partial charge in [-0.2, -0.15) is 0 Å². The smallest absolute Gasteiger partial charge is 0.119 e. The Labute approximate surface area is 121 Å². The minimum atomic E-state index is 0.315. The zero-order valence-electron chi connectivity index (χ0n) is 12.5. The molecule has 1 saturated carbocycles. The molecule has 4 heteroatoms. The van der Waals surface area contributed by atoms with Crippen molar-refractivity contribution in [3.05, 3.63) is 29.8 Å². The minimum absolute atomic E-state index is 0.315. The number of nitrogens with two attached hydrogens (primary N) is 1. The lowest BCUT2D eigenvalue weighted by atomic mass is 9.77. The zero-order valence-corrected chi connectivity index (χ0v) is 12.5. The lowest BCUT2D eigenvalue weighted by Crippen LogP contribution is -2.42. The first-order valence-corrected chi connectivity index (χ1v) is 7.45. The Morgan fingerprint density at radius 3 is 2.85 bits per heavy atom. The average Bonchev–Trinajstić information content (AvgIpc) is 2.44. The Balaban J connectivity index is 1.80. The van der Waals surface area contributed by atoms with Crippen LogP contribution in [0.2, 0.25) is 0 Å². The van der Waals surface area contributed by atoms with E-state index in [1.165, 1.54) is 18.4 Å². The van der Waals surface area contributed by atoms with Crippen LogP contribution < -0.4 is 16.0 Å². The van der Waals surface area contributed by atoms with Crippen molar-refractivity contribution in [3.63, 3.8) is 0 Å². The summed E-state index contributed by atoms with van der Waals surface area (Å²) in [4.78, 5) is 0. The number of hydrogen-bond donors (Lipinski definition) is 2. The molecule has 1 aliphatic carbocycles. The van der Waals surface area contributed by atoms with E-state index in [1.54, 1.807) is 7.11 Å². The van der Waals surface area contributed by atoms with Crippen LogP contribution in [0, 0.1) is 5.92 Å². The number of benzene rings is 1. The van der Waals surface area contributed by atoms with Gasteiger partial charge in [-0.05, 0) is 56.2 Å². The third-order valence-electron chi connectivity index (χ3n) is 4.06. The van der Waals surface area contributed by atoms with Gasteiger partial charge in [0.25, 0.3) is 0 Å². The Hall–Kier alpha value is -1.10. The van der Waals surface area contributed by atoms with E-state index in [0.29, 0.717) is 12.1 Å². The van der Waals surface area contributed by atoms with Crippen LogP contribution in [0.3, 0.4) is 0 Å². The van der Waals surface area contributed by atoms with E-state index in [9.17, 15) is 0 Å². The highest BCUT2D eigenvalue weighted by atomic mass is 16.5. The summed E-state index contributed by atoms with van der Waals surface area (Å²) >= 11 is 0. The summed E-state index contributed by atoms with van der Waals surface area (Å²) in [6.07, 6.45) is 4.86. The van der Waals surface area contributed by atoms with Crippen LogP contribution in [0.1, 0.15) is 31.7 Å². The molecule has 1 aromatic rings. The SMILES string of the molecule is CCOC1CC(CC(Cc2cccc(OC)c2)NN)C1. The molecule has 1 aliphatic rings. The minimum Gasteiger partial charge on any atom is -0.497 e. The third kappa shape index (κ3) is 4.20. The molecule has 1 unspecified atom stereocenters. The maximum Gasteiger partial charge on any atom is 0.119 e. The van der Waals surface area contributed by atoms with E-state index in [4.69, 9.17) is 15.3 Å². The Bertz CT molecular complexity index is 405. The Morgan fingerprint density at radius 1 is 1.40 bits per heavy atom. The highest BCUT2D eigenvalue weighted by Crippen LogP contribution is 2.34. The van der Waals surface area contributed by atoms with Gasteiger partial charge in [0.2, 0.25) is 0 Å². The van der Waals surface area contributed by atoms with Crippen molar-refractivity contribution < 1.29 is 9.47 Å². The van der Waals surface area contributed by atoms with Crippen LogP contribution in [0.25, 0.3) is 0 Å². The molecule has 0 amide bonds. The largest absolute Gasteiger partial charge is 0.497 e. The van der Waals surface area contributed by atoms with Crippen molar-refractivity contribution in [3.8, 4) is 5.75 Å². The van der Waals surface area contributed by atoms with Crippen molar-refractivity contribution in [1.29, 1.82) is 0 Å². The molecule has 0 aromatic heterocycles. The second-order valence-electron chi connectivity index (χ2n) is 5.57. The first kappa shape index (κ1) is 15.3. The molecule has 0 heterocycles. The summed E-state index contributed by atoms with van der Waals surface area (Å²) in [6, 6.07) is 8.50. The van der Waals surface area contributed by atoms with Crippen LogP contribution in [0.5, 0.6) is 5.75 Å². The molecule has 0 aliphatic heterocycles. The predicted molar refractivity (Wildman–Crippen MR) is 80.6 cm³/mol. The molecule has 112 valence electrons. The van der Waals surface area contributed by atoms with Crippen molar-refractivity contribution in [2.45, 2.75) is 44.8 Å². The van der Waals surface area contributed by atoms with Crippen molar-refractivity contribution in [2.24, 2.45) is 11.8 Å². The summed E-state index contributed by atoms with van der Waals surface area (Å²) in [5, 5.41) is 0. The number of hydrazine groups is 1. The molecule has 2 rings (SSSR count). The van der Waals surface area contributed by atoms with E-state index < -0.39 is 0 Å². The fraction of sp³-hybridized carbons (Fsp3) is 0.625. The first-order chi connectivity index (χ1) is 9.75. The Kier molecular flexibility index (Phi) is 5.83. The number of hydrogen-bond acceptors (Lipinski definition) is 4. The van der Waals surface area contributed by atoms with Crippen LogP contribution >= 0.6 is 0 Å². The summed E-state index contributed by atoms with van der Waals surface area (Å²) in [5.74, 6) is 7.33. The van der Waals surface area contributed by atoms with Gasteiger partial charge in [-0.25, -0.2) is 0 Å². The normalized spacial score (nSPS) is 23.1. The van der Waals surface area contributed by atoms with E-state index in [-0.39, 0.29) is 0 Å². The topological polar surface area (TPSA) is 56.5 Å². The molecular weight excluding hydrogens is 252 g/mol. The van der Waals surface area contributed by atoms with Crippen LogP contribution in [0.15, 0.2) is 24.3 Å². The Morgan fingerprint density at radius 2 is 2.20 bits per heavy atom. The molecule has 1 aromatic carbocycles. The lowest BCUT2D eigenvalue weighted by molar-refractivity contribution is -0.0290. The fourth-order valence-electron chi connectivity index (χ4n) is 2.94. The molecule has 3 N–H and O–H groups in total. The van der Waals surface area contributed by atoms with Crippen molar-refractivity contribution in [2.75, 3.05) is 13.7 Å². The van der Waals surface area contributed by atoms with Gasteiger partial charge in [0.15, 0.2) is 0 Å². The van der Waals surface area contributed by atoms with Crippen LogP contribution in [0.4, 0.5) is 0 Å². The molecular formula is C16H26N2O2. The summed E-state index contributed by atoms with van der Waals surface area (Å²) in [5.41, 5.74) is 4.21. The highest BCUT2D eigenvalue weighted by molar-refractivity contribution is 5.28. The molecule has 1 atom stereocenters. The van der Waals surface area contributed by atoms with Crippen LogP contribution in [-0.2, 0) is 11.2 Å². The van der Waals surface area contributed by atoms with Gasteiger partial charge in [-0.1, -0.05) is 12.1 Å². The summed E-state index contributed by atoms with van der Waals surface area (Å²) in [6.45, 7) is 2.88. The predicted octanol–water partition coefficient (Wildman–Crippen LogP) is 2.27. The quantitative estimate of drug-likeness (QED) is 0.566. The fourth-order valence-corrected chi connectivity index (χ4v) is 2.94. The summed E-state index contributed by atoms with van der Waals surface area (Å²) in [7, 11) is 1.69. The number of ether oxygens (including phenoxy) is 2. The van der Waals surface area contributed by atoms with E-state index in [1.807, 2.05) is 12.1 Å². The van der Waals surface area contributed by atoms with E-state index in [0.717, 1.165) is 31.1 Å². The molecule has 4 nitrogen and oxygen atoms in total. The van der Waals surface area contributed by atoms with Gasteiger partial charge in [-0.3, -0.25) is 11.3 Å². The monoisotopic (exact) mass is 278 g/mol. The van der Waals surface area contributed by atoms with Gasteiger partial charge < -0.3 is 9.47 Å². The standard InChI is InChI=1S/C16H26N2O2/c1-3-20-16-10-13(11-16)8-14(18-17)7-12-5-4-6-15(9-12)19-2/h4-6,9,13-14,16,18H,3,7-8,10-11,17H2,1-2H3. The zero-order chi connectivity index (χ0) is 14.4.